The summed E-state index contributed by atoms with van der Waals surface area (Å²) in [5.41, 5.74) is 9.87. The first kappa shape index (κ1) is 12.7. The molecular weight excluding hydrogens is 253 g/mol. The highest BCUT2D eigenvalue weighted by Crippen LogP contribution is 2.19. The van der Waals surface area contributed by atoms with E-state index < -0.39 is 0 Å². The van der Waals surface area contributed by atoms with Gasteiger partial charge >= 0.3 is 0 Å². The Kier molecular flexibility index (Phi) is 3.14. The molecule has 102 valence electrons. The highest BCUT2D eigenvalue weighted by Gasteiger charge is 2.09. The lowest BCUT2D eigenvalue weighted by Crippen LogP contribution is -2.05. The van der Waals surface area contributed by atoms with Gasteiger partial charge in [-0.15, -0.1) is 0 Å². The second-order valence-corrected chi connectivity index (χ2v) is 4.99. The van der Waals surface area contributed by atoms with E-state index in [1.54, 1.807) is 6.07 Å². The average molecular weight is 269 g/mol. The number of anilines is 1. The Labute approximate surface area is 116 Å². The fourth-order valence-electron chi connectivity index (χ4n) is 2.46. The van der Waals surface area contributed by atoms with E-state index in [-0.39, 0.29) is 5.82 Å². The molecule has 20 heavy (non-hydrogen) atoms. The van der Waals surface area contributed by atoms with Gasteiger partial charge in [0.25, 0.3) is 0 Å². The van der Waals surface area contributed by atoms with E-state index >= 15 is 0 Å². The van der Waals surface area contributed by atoms with Crippen LogP contribution < -0.4 is 5.73 Å². The van der Waals surface area contributed by atoms with Crippen molar-refractivity contribution in [2.75, 3.05) is 5.73 Å². The van der Waals surface area contributed by atoms with Crippen molar-refractivity contribution in [2.45, 2.75) is 19.9 Å². The molecule has 3 aromatic rings. The fourth-order valence-corrected chi connectivity index (χ4v) is 2.46. The topological polar surface area (TPSA) is 43.8 Å². The molecule has 0 aliphatic heterocycles. The van der Waals surface area contributed by atoms with Crippen molar-refractivity contribution in [3.8, 4) is 0 Å². The number of nitrogens with two attached hydrogens (primary N) is 1. The van der Waals surface area contributed by atoms with Gasteiger partial charge in [0, 0.05) is 6.54 Å². The van der Waals surface area contributed by atoms with Crippen molar-refractivity contribution in [3.05, 3.63) is 59.4 Å². The molecule has 4 heteroatoms. The zero-order valence-electron chi connectivity index (χ0n) is 11.3. The Morgan fingerprint density at radius 2 is 2.05 bits per heavy atom. The molecule has 0 fully saturated rings. The number of halogens is 1. The first-order chi connectivity index (χ1) is 9.63. The number of rotatable bonds is 3. The van der Waals surface area contributed by atoms with E-state index in [4.69, 9.17) is 5.73 Å². The zero-order chi connectivity index (χ0) is 14.1. The summed E-state index contributed by atoms with van der Waals surface area (Å²) in [5.74, 6) is 0.160. The lowest BCUT2D eigenvalue weighted by Gasteiger charge is -2.07. The molecule has 1 heterocycles. The summed E-state index contributed by atoms with van der Waals surface area (Å²) in [4.78, 5) is 4.26. The smallest absolute Gasteiger partial charge is 0.201 e. The molecule has 0 saturated heterocycles. The minimum atomic E-state index is -0.269. The quantitative estimate of drug-likeness (QED) is 0.792. The summed E-state index contributed by atoms with van der Waals surface area (Å²) in [6.07, 6.45) is 0.841. The Morgan fingerprint density at radius 3 is 2.85 bits per heavy atom. The first-order valence-corrected chi connectivity index (χ1v) is 6.60. The van der Waals surface area contributed by atoms with E-state index in [1.807, 2.05) is 10.6 Å². The minimum Gasteiger partial charge on any atom is -0.369 e. The van der Waals surface area contributed by atoms with Crippen LogP contribution in [0.4, 0.5) is 10.3 Å². The summed E-state index contributed by atoms with van der Waals surface area (Å²) in [6.45, 7) is 2.76. The van der Waals surface area contributed by atoms with E-state index in [9.17, 15) is 4.39 Å². The molecule has 0 bridgehead atoms. The molecule has 3 rings (SSSR count). The molecule has 0 atom stereocenters. The maximum absolute atomic E-state index is 13.4. The number of aromatic nitrogens is 2. The standard InChI is InChI=1S/C16H16FN3/c1-11-3-2-4-12(9-11)7-8-20-15-10-13(17)5-6-14(15)19-16(20)18/h2-6,9-10H,7-8H2,1H3,(H2,18,19). The summed E-state index contributed by atoms with van der Waals surface area (Å²) >= 11 is 0. The van der Waals surface area contributed by atoms with Crippen LogP contribution in [0.1, 0.15) is 11.1 Å². The van der Waals surface area contributed by atoms with Crippen LogP contribution >= 0.6 is 0 Å². The summed E-state index contributed by atoms with van der Waals surface area (Å²) in [6, 6.07) is 12.9. The van der Waals surface area contributed by atoms with E-state index in [2.05, 4.69) is 30.1 Å². The Balaban J connectivity index is 1.90. The maximum atomic E-state index is 13.4. The largest absolute Gasteiger partial charge is 0.369 e. The van der Waals surface area contributed by atoms with Crippen LogP contribution in [-0.4, -0.2) is 9.55 Å². The molecule has 0 unspecified atom stereocenters. The number of nitrogen functional groups attached to an aromatic ring is 1. The van der Waals surface area contributed by atoms with Gasteiger partial charge in [0.05, 0.1) is 11.0 Å². The number of nitrogens with zero attached hydrogens (tertiary/aromatic N) is 2. The normalized spacial score (nSPS) is 11.1. The molecular formula is C16H16FN3. The van der Waals surface area contributed by atoms with Gasteiger partial charge in [-0.05, 0) is 37.1 Å². The number of hydrogen-bond donors (Lipinski definition) is 1. The van der Waals surface area contributed by atoms with Gasteiger partial charge in [-0.1, -0.05) is 29.8 Å². The number of aryl methyl sites for hydroxylation is 3. The van der Waals surface area contributed by atoms with Crippen molar-refractivity contribution in [3.63, 3.8) is 0 Å². The van der Waals surface area contributed by atoms with Crippen molar-refractivity contribution in [1.82, 2.24) is 9.55 Å². The monoisotopic (exact) mass is 269 g/mol. The number of hydrogen-bond acceptors (Lipinski definition) is 2. The van der Waals surface area contributed by atoms with E-state index in [1.165, 1.54) is 23.3 Å². The van der Waals surface area contributed by atoms with Crippen LogP contribution in [-0.2, 0) is 13.0 Å². The van der Waals surface area contributed by atoms with Crippen molar-refractivity contribution in [2.24, 2.45) is 0 Å². The predicted molar refractivity (Wildman–Crippen MR) is 79.0 cm³/mol. The van der Waals surface area contributed by atoms with E-state index in [0.717, 1.165) is 17.5 Å². The maximum Gasteiger partial charge on any atom is 0.201 e. The van der Waals surface area contributed by atoms with Crippen LogP contribution in [0, 0.1) is 12.7 Å². The lowest BCUT2D eigenvalue weighted by molar-refractivity contribution is 0.627. The lowest BCUT2D eigenvalue weighted by atomic mass is 10.1. The Morgan fingerprint density at radius 1 is 1.20 bits per heavy atom. The van der Waals surface area contributed by atoms with Crippen LogP contribution in [0.15, 0.2) is 42.5 Å². The predicted octanol–water partition coefficient (Wildman–Crippen LogP) is 3.31. The van der Waals surface area contributed by atoms with Crippen LogP contribution in [0.2, 0.25) is 0 Å². The van der Waals surface area contributed by atoms with Gasteiger partial charge in [0.15, 0.2) is 0 Å². The van der Waals surface area contributed by atoms with Gasteiger partial charge < -0.3 is 10.3 Å². The van der Waals surface area contributed by atoms with Gasteiger partial charge in [-0.3, -0.25) is 0 Å². The molecule has 0 aliphatic rings. The first-order valence-electron chi connectivity index (χ1n) is 6.60. The van der Waals surface area contributed by atoms with Crippen molar-refractivity contribution in [1.29, 1.82) is 0 Å². The molecule has 1 aromatic heterocycles. The highest BCUT2D eigenvalue weighted by molar-refractivity contribution is 5.78. The van der Waals surface area contributed by atoms with E-state index in [0.29, 0.717) is 12.5 Å². The Bertz CT molecular complexity index is 762. The van der Waals surface area contributed by atoms with Crippen LogP contribution in [0.3, 0.4) is 0 Å². The zero-order valence-corrected chi connectivity index (χ0v) is 11.3. The number of benzene rings is 2. The third-order valence-corrected chi connectivity index (χ3v) is 3.45. The third-order valence-electron chi connectivity index (χ3n) is 3.45. The van der Waals surface area contributed by atoms with Gasteiger partial charge in [0.2, 0.25) is 5.95 Å². The minimum absolute atomic E-state index is 0.269. The Hall–Kier alpha value is -2.36. The van der Waals surface area contributed by atoms with Gasteiger partial charge in [0.1, 0.15) is 5.82 Å². The van der Waals surface area contributed by atoms with Gasteiger partial charge in [-0.25, -0.2) is 9.37 Å². The van der Waals surface area contributed by atoms with Crippen molar-refractivity contribution >= 4 is 17.0 Å². The second kappa shape index (κ2) is 4.96. The van der Waals surface area contributed by atoms with Crippen LogP contribution in [0.5, 0.6) is 0 Å². The number of imidazole rings is 1. The summed E-state index contributed by atoms with van der Waals surface area (Å²) < 4.78 is 15.2. The molecule has 0 aliphatic carbocycles. The molecule has 0 saturated carbocycles. The molecule has 2 N–H and O–H groups in total. The second-order valence-electron chi connectivity index (χ2n) is 4.99. The van der Waals surface area contributed by atoms with Gasteiger partial charge in [-0.2, -0.15) is 0 Å². The molecule has 3 nitrogen and oxygen atoms in total. The number of fused-ring (bicyclic) bond motifs is 1. The molecule has 0 spiro atoms. The third kappa shape index (κ3) is 2.37. The van der Waals surface area contributed by atoms with Crippen molar-refractivity contribution < 1.29 is 4.39 Å². The summed E-state index contributed by atoms with van der Waals surface area (Å²) in [5, 5.41) is 0. The molecule has 2 aromatic carbocycles. The molecule has 0 radical (unpaired) electrons. The fraction of sp³-hybridized carbons (Fsp3) is 0.188. The summed E-state index contributed by atoms with van der Waals surface area (Å²) in [7, 11) is 0. The SMILES string of the molecule is Cc1cccc(CCn2c(N)nc3ccc(F)cc32)c1. The highest BCUT2D eigenvalue weighted by atomic mass is 19.1. The average Bonchev–Trinajstić information content (AvgIpc) is 2.72. The molecule has 0 amide bonds. The van der Waals surface area contributed by atoms with Crippen LogP contribution in [0.25, 0.3) is 11.0 Å².